The van der Waals surface area contributed by atoms with E-state index < -0.39 is 10.0 Å². The van der Waals surface area contributed by atoms with Crippen molar-refractivity contribution in [3.8, 4) is 0 Å². The van der Waals surface area contributed by atoms with Crippen LogP contribution in [0.2, 0.25) is 0 Å². The monoisotopic (exact) mass is 385 g/mol. The van der Waals surface area contributed by atoms with Gasteiger partial charge in [0, 0.05) is 30.6 Å². The van der Waals surface area contributed by atoms with Gasteiger partial charge in [-0.15, -0.1) is 11.8 Å². The van der Waals surface area contributed by atoms with E-state index in [1.54, 1.807) is 18.7 Å². The average molecular weight is 386 g/mol. The molecule has 0 bridgehead atoms. The van der Waals surface area contributed by atoms with Gasteiger partial charge >= 0.3 is 6.03 Å². The number of amides is 2. The molecule has 2 amide bonds. The van der Waals surface area contributed by atoms with Crippen molar-refractivity contribution in [3.05, 3.63) is 30.3 Å². The first kappa shape index (κ1) is 20.1. The van der Waals surface area contributed by atoms with Gasteiger partial charge in [-0.05, 0) is 44.1 Å². The van der Waals surface area contributed by atoms with Crippen LogP contribution in [-0.2, 0) is 10.0 Å². The minimum absolute atomic E-state index is 0.0435. The molecule has 0 aliphatic carbocycles. The molecule has 0 atom stereocenters. The quantitative estimate of drug-likeness (QED) is 0.532. The Morgan fingerprint density at radius 1 is 1.24 bits per heavy atom. The van der Waals surface area contributed by atoms with E-state index in [4.69, 9.17) is 0 Å². The SMILES string of the molecule is CCS(=O)(=O)N1CCC(NC(=O)NCCCSc2ccccc2)CC1. The molecule has 0 radical (unpaired) electrons. The molecular weight excluding hydrogens is 358 g/mol. The van der Waals surface area contributed by atoms with Crippen LogP contribution in [-0.4, -0.2) is 55.9 Å². The second-order valence-electron chi connectivity index (χ2n) is 5.99. The fourth-order valence-electron chi connectivity index (χ4n) is 2.68. The molecule has 140 valence electrons. The maximum atomic E-state index is 11.9. The van der Waals surface area contributed by atoms with Crippen LogP contribution in [0.4, 0.5) is 4.79 Å². The molecule has 6 nitrogen and oxygen atoms in total. The third-order valence-electron chi connectivity index (χ3n) is 4.17. The van der Waals surface area contributed by atoms with E-state index in [0.717, 1.165) is 12.2 Å². The number of benzene rings is 1. The van der Waals surface area contributed by atoms with Gasteiger partial charge in [0.15, 0.2) is 0 Å². The summed E-state index contributed by atoms with van der Waals surface area (Å²) < 4.78 is 25.1. The molecular formula is C17H27N3O3S2. The number of thioether (sulfide) groups is 1. The molecule has 1 aromatic carbocycles. The molecule has 1 aliphatic rings. The van der Waals surface area contributed by atoms with Gasteiger partial charge in [0.2, 0.25) is 10.0 Å². The molecule has 0 unspecified atom stereocenters. The Hall–Kier alpha value is -1.25. The van der Waals surface area contributed by atoms with Crippen molar-refractivity contribution in [2.24, 2.45) is 0 Å². The van der Waals surface area contributed by atoms with Gasteiger partial charge in [0.25, 0.3) is 0 Å². The lowest BCUT2D eigenvalue weighted by Gasteiger charge is -2.31. The normalized spacial score (nSPS) is 16.5. The second kappa shape index (κ2) is 10.0. The molecule has 1 saturated heterocycles. The van der Waals surface area contributed by atoms with E-state index >= 15 is 0 Å². The first-order valence-electron chi connectivity index (χ1n) is 8.71. The minimum Gasteiger partial charge on any atom is -0.338 e. The van der Waals surface area contributed by atoms with Gasteiger partial charge in [-0.1, -0.05) is 18.2 Å². The predicted molar refractivity (Wildman–Crippen MR) is 102 cm³/mol. The van der Waals surface area contributed by atoms with Crippen LogP contribution in [0.3, 0.4) is 0 Å². The second-order valence-corrected chi connectivity index (χ2v) is 9.42. The molecule has 0 saturated carbocycles. The standard InChI is InChI=1S/C17H27N3O3S2/c1-2-25(22,23)20-12-9-15(10-13-20)19-17(21)18-11-6-14-24-16-7-4-3-5-8-16/h3-5,7-8,15H,2,6,9-14H2,1H3,(H2,18,19,21). The Morgan fingerprint density at radius 2 is 1.92 bits per heavy atom. The number of nitrogens with one attached hydrogen (secondary N) is 2. The van der Waals surface area contributed by atoms with Crippen molar-refractivity contribution < 1.29 is 13.2 Å². The predicted octanol–water partition coefficient (Wildman–Crippen LogP) is 2.28. The lowest BCUT2D eigenvalue weighted by Crippen LogP contribution is -2.49. The highest BCUT2D eigenvalue weighted by molar-refractivity contribution is 7.99. The highest BCUT2D eigenvalue weighted by atomic mass is 32.2. The number of carbonyl (C=O) groups excluding carboxylic acids is 1. The summed E-state index contributed by atoms with van der Waals surface area (Å²) in [6.07, 6.45) is 2.23. The zero-order chi connectivity index (χ0) is 18.1. The van der Waals surface area contributed by atoms with Crippen LogP contribution in [0.25, 0.3) is 0 Å². The van der Waals surface area contributed by atoms with Crippen LogP contribution in [0.1, 0.15) is 26.2 Å². The zero-order valence-corrected chi connectivity index (χ0v) is 16.2. The van der Waals surface area contributed by atoms with E-state index in [9.17, 15) is 13.2 Å². The van der Waals surface area contributed by atoms with Gasteiger partial charge in [0.05, 0.1) is 5.75 Å². The first-order chi connectivity index (χ1) is 12.0. The van der Waals surface area contributed by atoms with Crippen LogP contribution in [0, 0.1) is 0 Å². The molecule has 25 heavy (non-hydrogen) atoms. The largest absolute Gasteiger partial charge is 0.338 e. The number of hydrogen-bond donors (Lipinski definition) is 2. The van der Waals surface area contributed by atoms with Gasteiger partial charge in [-0.25, -0.2) is 17.5 Å². The topological polar surface area (TPSA) is 78.5 Å². The summed E-state index contributed by atoms with van der Waals surface area (Å²) in [5, 5.41) is 5.81. The zero-order valence-electron chi connectivity index (χ0n) is 14.6. The number of carbonyl (C=O) groups is 1. The van der Waals surface area contributed by atoms with Crippen molar-refractivity contribution >= 4 is 27.8 Å². The number of hydrogen-bond acceptors (Lipinski definition) is 4. The molecule has 2 N–H and O–H groups in total. The molecule has 2 rings (SSSR count). The third-order valence-corrected chi connectivity index (χ3v) is 7.15. The summed E-state index contributed by atoms with van der Waals surface area (Å²) in [7, 11) is -3.11. The van der Waals surface area contributed by atoms with E-state index in [1.807, 2.05) is 18.2 Å². The van der Waals surface area contributed by atoms with Crippen LogP contribution in [0.15, 0.2) is 35.2 Å². The van der Waals surface area contributed by atoms with Crippen molar-refractivity contribution in [2.45, 2.75) is 37.1 Å². The summed E-state index contributed by atoms with van der Waals surface area (Å²) >= 11 is 1.78. The first-order valence-corrected chi connectivity index (χ1v) is 11.3. The molecule has 1 heterocycles. The van der Waals surface area contributed by atoms with Gasteiger partial charge < -0.3 is 10.6 Å². The van der Waals surface area contributed by atoms with E-state index in [1.165, 1.54) is 9.20 Å². The number of sulfonamides is 1. The summed E-state index contributed by atoms with van der Waals surface area (Å²) in [5.41, 5.74) is 0. The van der Waals surface area contributed by atoms with Gasteiger partial charge in [-0.3, -0.25) is 0 Å². The molecule has 8 heteroatoms. The Kier molecular flexibility index (Phi) is 8.05. The van der Waals surface area contributed by atoms with Crippen molar-refractivity contribution in [3.63, 3.8) is 0 Å². The molecule has 0 spiro atoms. The molecule has 1 fully saturated rings. The van der Waals surface area contributed by atoms with Gasteiger partial charge in [0.1, 0.15) is 0 Å². The highest BCUT2D eigenvalue weighted by Gasteiger charge is 2.27. The summed E-state index contributed by atoms with van der Waals surface area (Å²) in [5.74, 6) is 1.09. The van der Waals surface area contributed by atoms with Gasteiger partial charge in [-0.2, -0.15) is 0 Å². The highest BCUT2D eigenvalue weighted by Crippen LogP contribution is 2.17. The summed E-state index contributed by atoms with van der Waals surface area (Å²) in [6, 6.07) is 10.1. The number of nitrogens with zero attached hydrogens (tertiary/aromatic N) is 1. The van der Waals surface area contributed by atoms with Crippen LogP contribution >= 0.6 is 11.8 Å². The third kappa shape index (κ3) is 6.87. The van der Waals surface area contributed by atoms with Crippen molar-refractivity contribution in [1.29, 1.82) is 0 Å². The van der Waals surface area contributed by atoms with E-state index in [0.29, 0.717) is 32.5 Å². The number of urea groups is 1. The van der Waals surface area contributed by atoms with Crippen molar-refractivity contribution in [1.82, 2.24) is 14.9 Å². The maximum absolute atomic E-state index is 11.9. The fraction of sp³-hybridized carbons (Fsp3) is 0.588. The Labute approximate surface area is 154 Å². The molecule has 0 aromatic heterocycles. The fourth-order valence-corrected chi connectivity index (χ4v) is 4.68. The summed E-state index contributed by atoms with van der Waals surface area (Å²) in [4.78, 5) is 13.2. The summed E-state index contributed by atoms with van der Waals surface area (Å²) in [6.45, 7) is 3.25. The Balaban J connectivity index is 1.57. The van der Waals surface area contributed by atoms with Crippen LogP contribution in [0.5, 0.6) is 0 Å². The Bertz CT molecular complexity index is 630. The van der Waals surface area contributed by atoms with Crippen LogP contribution < -0.4 is 10.6 Å². The van der Waals surface area contributed by atoms with E-state index in [-0.39, 0.29) is 17.8 Å². The van der Waals surface area contributed by atoms with Crippen molar-refractivity contribution in [2.75, 3.05) is 31.1 Å². The lowest BCUT2D eigenvalue weighted by molar-refractivity contribution is 0.227. The number of rotatable bonds is 8. The average Bonchev–Trinajstić information content (AvgIpc) is 2.63. The molecule has 1 aliphatic heterocycles. The maximum Gasteiger partial charge on any atom is 0.315 e. The Morgan fingerprint density at radius 3 is 2.56 bits per heavy atom. The van der Waals surface area contributed by atoms with E-state index in [2.05, 4.69) is 22.8 Å². The number of piperidine rings is 1. The lowest BCUT2D eigenvalue weighted by atomic mass is 10.1. The smallest absolute Gasteiger partial charge is 0.315 e. The minimum atomic E-state index is -3.11. The molecule has 1 aromatic rings.